The van der Waals surface area contributed by atoms with Crippen molar-refractivity contribution in [1.82, 2.24) is 9.69 Å². The van der Waals surface area contributed by atoms with Gasteiger partial charge < -0.3 is 16.4 Å². The number of carbonyl (C=O) groups excluding carboxylic acids is 1. The van der Waals surface area contributed by atoms with Gasteiger partial charge in [0.1, 0.15) is 10.6 Å². The summed E-state index contributed by atoms with van der Waals surface area (Å²) in [6.45, 7) is 2.19. The van der Waals surface area contributed by atoms with Crippen LogP contribution in [0.1, 0.15) is 43.0 Å². The zero-order valence-corrected chi connectivity index (χ0v) is 11.2. The molecule has 0 saturated heterocycles. The maximum Gasteiger partial charge on any atom is 0.258 e. The van der Waals surface area contributed by atoms with E-state index in [1.54, 1.807) is 0 Å². The van der Waals surface area contributed by atoms with E-state index in [2.05, 4.69) is 21.9 Å². The molecule has 2 aliphatic rings. The highest BCUT2D eigenvalue weighted by Crippen LogP contribution is 2.39. The Morgan fingerprint density at radius 2 is 2.33 bits per heavy atom. The number of anilines is 2. The lowest BCUT2D eigenvalue weighted by Gasteiger charge is -2.07. The number of hydrogen-bond donors (Lipinski definition) is 3. The molecule has 3 rings (SSSR count). The van der Waals surface area contributed by atoms with Gasteiger partial charge in [0.25, 0.3) is 5.91 Å². The number of carbonyl (C=O) groups is 1. The van der Waals surface area contributed by atoms with Crippen LogP contribution in [0.4, 0.5) is 10.8 Å². The molecule has 0 radical (unpaired) electrons. The summed E-state index contributed by atoms with van der Waals surface area (Å²) < 4.78 is 4.09. The van der Waals surface area contributed by atoms with E-state index < -0.39 is 0 Å². The molecule has 0 aromatic carbocycles. The molecule has 2 saturated carbocycles. The quantitative estimate of drug-likeness (QED) is 0.759. The minimum atomic E-state index is -0.0834. The Hall–Kier alpha value is -1.30. The Balaban J connectivity index is 1.71. The Morgan fingerprint density at radius 3 is 2.94 bits per heavy atom. The first-order valence-corrected chi connectivity index (χ1v) is 7.29. The van der Waals surface area contributed by atoms with Gasteiger partial charge in [-0.15, -0.1) is 0 Å². The van der Waals surface area contributed by atoms with E-state index >= 15 is 0 Å². The van der Waals surface area contributed by atoms with E-state index in [0.29, 0.717) is 23.5 Å². The smallest absolute Gasteiger partial charge is 0.258 e. The van der Waals surface area contributed by atoms with Gasteiger partial charge in [0.15, 0.2) is 5.82 Å². The Labute approximate surface area is 110 Å². The fraction of sp³-hybridized carbons (Fsp3) is 0.667. The first-order valence-electron chi connectivity index (χ1n) is 6.51. The second-order valence-corrected chi connectivity index (χ2v) is 5.95. The van der Waals surface area contributed by atoms with Gasteiger partial charge in [0.05, 0.1) is 0 Å². The normalized spacial score (nSPS) is 25.8. The average molecular weight is 266 g/mol. The molecule has 2 unspecified atom stereocenters. The number of amides is 1. The third-order valence-corrected chi connectivity index (χ3v) is 4.41. The molecule has 2 fully saturated rings. The predicted molar refractivity (Wildman–Crippen MR) is 72.8 cm³/mol. The first kappa shape index (κ1) is 11.8. The topological polar surface area (TPSA) is 80.0 Å². The monoisotopic (exact) mass is 266 g/mol. The zero-order valence-electron chi connectivity index (χ0n) is 10.4. The third-order valence-electron chi connectivity index (χ3n) is 3.62. The standard InChI is InChI=1S/C12H18N4OS/c1-2-6-5-8(6)15-12-9(10(13)16-18-12)11(17)14-7-3-4-7/h6-8,15H,2-5H2,1H3,(H2,13,16)(H,14,17). The van der Waals surface area contributed by atoms with E-state index in [1.165, 1.54) is 24.4 Å². The molecule has 1 heterocycles. The van der Waals surface area contributed by atoms with Crippen LogP contribution in [0.5, 0.6) is 0 Å². The van der Waals surface area contributed by atoms with Gasteiger partial charge >= 0.3 is 0 Å². The fourth-order valence-electron chi connectivity index (χ4n) is 2.15. The van der Waals surface area contributed by atoms with Gasteiger partial charge in [-0.3, -0.25) is 4.79 Å². The summed E-state index contributed by atoms with van der Waals surface area (Å²) >= 11 is 1.29. The number of aromatic nitrogens is 1. The van der Waals surface area contributed by atoms with Crippen molar-refractivity contribution in [2.24, 2.45) is 5.92 Å². The van der Waals surface area contributed by atoms with Crippen molar-refractivity contribution >= 4 is 28.3 Å². The van der Waals surface area contributed by atoms with Crippen molar-refractivity contribution in [3.05, 3.63) is 5.56 Å². The second-order valence-electron chi connectivity index (χ2n) is 5.17. The molecule has 5 nitrogen and oxygen atoms in total. The molecule has 1 aromatic rings. The van der Waals surface area contributed by atoms with Crippen LogP contribution < -0.4 is 16.4 Å². The lowest BCUT2D eigenvalue weighted by molar-refractivity contribution is 0.0953. The number of nitrogen functional groups attached to an aromatic ring is 1. The lowest BCUT2D eigenvalue weighted by atomic mass is 10.2. The predicted octanol–water partition coefficient (Wildman–Crippen LogP) is 1.83. The van der Waals surface area contributed by atoms with E-state index in [0.717, 1.165) is 23.8 Å². The first-order chi connectivity index (χ1) is 8.69. The van der Waals surface area contributed by atoms with Crippen molar-refractivity contribution in [2.75, 3.05) is 11.1 Å². The van der Waals surface area contributed by atoms with Crippen LogP contribution in [-0.2, 0) is 0 Å². The lowest BCUT2D eigenvalue weighted by Crippen LogP contribution is -2.26. The molecular weight excluding hydrogens is 248 g/mol. The minimum Gasteiger partial charge on any atom is -0.382 e. The summed E-state index contributed by atoms with van der Waals surface area (Å²) in [4.78, 5) is 12.1. The van der Waals surface area contributed by atoms with Crippen LogP contribution in [0.15, 0.2) is 0 Å². The van der Waals surface area contributed by atoms with Gasteiger partial charge in [0.2, 0.25) is 0 Å². The maximum absolute atomic E-state index is 12.1. The highest BCUT2D eigenvalue weighted by atomic mass is 32.1. The van der Waals surface area contributed by atoms with Crippen molar-refractivity contribution in [2.45, 2.75) is 44.7 Å². The number of nitrogens with two attached hydrogens (primary N) is 1. The van der Waals surface area contributed by atoms with Crippen molar-refractivity contribution in [3.63, 3.8) is 0 Å². The molecule has 2 aliphatic carbocycles. The van der Waals surface area contributed by atoms with Gasteiger partial charge in [-0.2, -0.15) is 4.37 Å². The molecule has 4 N–H and O–H groups in total. The van der Waals surface area contributed by atoms with Crippen molar-refractivity contribution in [1.29, 1.82) is 0 Å². The Morgan fingerprint density at radius 1 is 1.56 bits per heavy atom. The van der Waals surface area contributed by atoms with Crippen LogP contribution in [-0.4, -0.2) is 22.4 Å². The van der Waals surface area contributed by atoms with Crippen LogP contribution >= 0.6 is 11.5 Å². The number of nitrogens with one attached hydrogen (secondary N) is 2. The summed E-state index contributed by atoms with van der Waals surface area (Å²) in [5.74, 6) is 0.988. The van der Waals surface area contributed by atoms with Gasteiger partial charge in [0, 0.05) is 12.1 Å². The summed E-state index contributed by atoms with van der Waals surface area (Å²) in [7, 11) is 0. The van der Waals surface area contributed by atoms with Crippen LogP contribution in [0.3, 0.4) is 0 Å². The van der Waals surface area contributed by atoms with Crippen LogP contribution in [0.25, 0.3) is 0 Å². The average Bonchev–Trinajstić information content (AvgIpc) is 3.22. The molecule has 0 aliphatic heterocycles. The van der Waals surface area contributed by atoms with Gasteiger partial charge in [-0.05, 0) is 36.7 Å². The minimum absolute atomic E-state index is 0.0834. The summed E-state index contributed by atoms with van der Waals surface area (Å²) in [6, 6.07) is 0.830. The largest absolute Gasteiger partial charge is 0.382 e. The fourth-order valence-corrected chi connectivity index (χ4v) is 2.92. The summed E-state index contributed by atoms with van der Waals surface area (Å²) in [6.07, 6.45) is 4.51. The Bertz CT molecular complexity index is 469. The molecule has 6 heteroatoms. The summed E-state index contributed by atoms with van der Waals surface area (Å²) in [5.41, 5.74) is 6.34. The van der Waals surface area contributed by atoms with E-state index in [9.17, 15) is 4.79 Å². The molecule has 0 bridgehead atoms. The van der Waals surface area contributed by atoms with Crippen LogP contribution in [0.2, 0.25) is 0 Å². The molecule has 98 valence electrons. The molecule has 2 atom stereocenters. The third kappa shape index (κ3) is 2.29. The van der Waals surface area contributed by atoms with Crippen molar-refractivity contribution < 1.29 is 4.79 Å². The summed E-state index contributed by atoms with van der Waals surface area (Å²) in [5, 5.41) is 7.19. The number of hydrogen-bond acceptors (Lipinski definition) is 5. The van der Waals surface area contributed by atoms with E-state index in [4.69, 9.17) is 5.73 Å². The maximum atomic E-state index is 12.1. The Kier molecular flexibility index (Phi) is 2.89. The SMILES string of the molecule is CCC1CC1Nc1snc(N)c1C(=O)NC1CC1. The van der Waals surface area contributed by atoms with Gasteiger partial charge in [-0.1, -0.05) is 13.3 Å². The second kappa shape index (κ2) is 4.42. The zero-order chi connectivity index (χ0) is 12.7. The highest BCUT2D eigenvalue weighted by Gasteiger charge is 2.37. The van der Waals surface area contributed by atoms with E-state index in [1.807, 2.05) is 0 Å². The van der Waals surface area contributed by atoms with Crippen LogP contribution in [0, 0.1) is 5.92 Å². The number of nitrogens with zero attached hydrogens (tertiary/aromatic N) is 1. The molecule has 1 amide bonds. The molecule has 0 spiro atoms. The van der Waals surface area contributed by atoms with E-state index in [-0.39, 0.29) is 5.91 Å². The number of rotatable bonds is 5. The molecule has 1 aromatic heterocycles. The molecule has 18 heavy (non-hydrogen) atoms. The van der Waals surface area contributed by atoms with Crippen molar-refractivity contribution in [3.8, 4) is 0 Å². The highest BCUT2D eigenvalue weighted by molar-refractivity contribution is 7.11. The van der Waals surface area contributed by atoms with Gasteiger partial charge in [-0.25, -0.2) is 0 Å². The molecular formula is C12H18N4OS.